The van der Waals surface area contributed by atoms with Gasteiger partial charge in [-0.1, -0.05) is 12.1 Å². The van der Waals surface area contributed by atoms with Crippen LogP contribution in [0.2, 0.25) is 0 Å². The van der Waals surface area contributed by atoms with Crippen molar-refractivity contribution in [2.75, 3.05) is 7.05 Å². The van der Waals surface area contributed by atoms with E-state index < -0.39 is 17.7 Å². The lowest BCUT2D eigenvalue weighted by atomic mass is 10.0. The summed E-state index contributed by atoms with van der Waals surface area (Å²) in [5.41, 5.74) is 0.0670. The fourth-order valence-electron chi connectivity index (χ4n) is 1.44. The molecule has 0 heterocycles. The van der Waals surface area contributed by atoms with Crippen LogP contribution in [0.1, 0.15) is 16.7 Å². The maximum atomic E-state index is 13.0. The van der Waals surface area contributed by atoms with Gasteiger partial charge in [-0.3, -0.25) is 0 Å². The Morgan fingerprint density at radius 2 is 1.71 bits per heavy atom. The molecule has 1 aromatic carbocycles. The Bertz CT molecular complexity index is 397. The van der Waals surface area contributed by atoms with Gasteiger partial charge in [-0.15, -0.1) is 0 Å². The topological polar surface area (TPSA) is 12.0 Å². The average molecular weight is 253 g/mol. The summed E-state index contributed by atoms with van der Waals surface area (Å²) >= 11 is 0. The van der Waals surface area contributed by atoms with Gasteiger partial charge in [-0.05, 0) is 31.2 Å². The van der Waals surface area contributed by atoms with Crippen LogP contribution in [0.4, 0.5) is 22.0 Å². The number of benzene rings is 1. The predicted octanol–water partition coefficient (Wildman–Crippen LogP) is 3.37. The van der Waals surface area contributed by atoms with E-state index >= 15 is 0 Å². The van der Waals surface area contributed by atoms with Crippen LogP contribution in [-0.4, -0.2) is 13.2 Å². The molecule has 0 fully saturated rings. The van der Waals surface area contributed by atoms with Crippen LogP contribution in [0.3, 0.4) is 0 Å². The molecule has 0 saturated carbocycles. The molecular weight excluding hydrogens is 241 g/mol. The molecule has 0 aliphatic rings. The number of rotatable bonds is 3. The Morgan fingerprint density at radius 3 is 2.12 bits per heavy atom. The zero-order chi connectivity index (χ0) is 13.3. The summed E-state index contributed by atoms with van der Waals surface area (Å²) in [6.07, 6.45) is -5.57. The smallest absolute Gasteiger partial charge is 0.316 e. The van der Waals surface area contributed by atoms with Crippen molar-refractivity contribution in [1.29, 1.82) is 0 Å². The minimum absolute atomic E-state index is 0.403. The Balaban J connectivity index is 3.13. The van der Waals surface area contributed by atoms with E-state index in [4.69, 9.17) is 0 Å². The van der Waals surface area contributed by atoms with Crippen molar-refractivity contribution >= 4 is 0 Å². The van der Waals surface area contributed by atoms with Crippen LogP contribution in [0.5, 0.6) is 0 Å². The minimum Gasteiger partial charge on any atom is -0.316 e. The third-order valence-corrected chi connectivity index (χ3v) is 2.43. The zero-order valence-corrected chi connectivity index (χ0v) is 9.33. The molecule has 0 atom stereocenters. The lowest BCUT2D eigenvalue weighted by Gasteiger charge is -2.20. The summed E-state index contributed by atoms with van der Waals surface area (Å²) in [6, 6.07) is 2.97. The summed E-state index contributed by atoms with van der Waals surface area (Å²) in [5.74, 6) is -4.81. The molecule has 0 saturated heterocycles. The highest BCUT2D eigenvalue weighted by Crippen LogP contribution is 2.44. The maximum absolute atomic E-state index is 13.0. The summed E-state index contributed by atoms with van der Waals surface area (Å²) in [4.78, 5) is 0. The van der Waals surface area contributed by atoms with Crippen molar-refractivity contribution in [3.63, 3.8) is 0 Å². The van der Waals surface area contributed by atoms with Gasteiger partial charge in [0.05, 0.1) is 0 Å². The van der Waals surface area contributed by atoms with Crippen molar-refractivity contribution in [2.24, 2.45) is 0 Å². The lowest BCUT2D eigenvalue weighted by Crippen LogP contribution is -2.33. The van der Waals surface area contributed by atoms with Crippen LogP contribution in [-0.2, 0) is 12.5 Å². The molecule has 96 valence electrons. The largest absolute Gasteiger partial charge is 0.458 e. The third-order valence-electron chi connectivity index (χ3n) is 2.43. The molecule has 6 heteroatoms. The Hall–Kier alpha value is -1.17. The first-order valence-corrected chi connectivity index (χ1v) is 4.89. The molecule has 0 amide bonds. The number of aryl methyl sites for hydroxylation is 1. The van der Waals surface area contributed by atoms with Crippen molar-refractivity contribution < 1.29 is 22.0 Å². The van der Waals surface area contributed by atoms with Crippen LogP contribution < -0.4 is 5.32 Å². The molecule has 0 radical (unpaired) electrons. The second kappa shape index (κ2) is 4.60. The number of halogens is 5. The first-order valence-electron chi connectivity index (χ1n) is 4.89. The molecule has 0 aliphatic carbocycles. The molecule has 0 unspecified atom stereocenters. The SMILES string of the molecule is CNCc1ccc(C(F)(F)C(F)(F)F)cc1C. The van der Waals surface area contributed by atoms with E-state index in [1.165, 1.54) is 13.0 Å². The quantitative estimate of drug-likeness (QED) is 0.814. The van der Waals surface area contributed by atoms with Crippen LogP contribution in [0.15, 0.2) is 18.2 Å². The van der Waals surface area contributed by atoms with E-state index in [1.807, 2.05) is 0 Å². The average Bonchev–Trinajstić information content (AvgIpc) is 2.19. The third kappa shape index (κ3) is 2.74. The summed E-state index contributed by atoms with van der Waals surface area (Å²) in [6.45, 7) is 1.92. The van der Waals surface area contributed by atoms with E-state index in [9.17, 15) is 22.0 Å². The van der Waals surface area contributed by atoms with Gasteiger partial charge in [-0.25, -0.2) is 0 Å². The Kier molecular flexibility index (Phi) is 3.76. The molecule has 0 spiro atoms. The zero-order valence-electron chi connectivity index (χ0n) is 9.33. The second-order valence-electron chi connectivity index (χ2n) is 3.74. The highest BCUT2D eigenvalue weighted by Gasteiger charge is 2.58. The summed E-state index contributed by atoms with van der Waals surface area (Å²) < 4.78 is 62.5. The van der Waals surface area contributed by atoms with Crippen molar-refractivity contribution in [1.82, 2.24) is 5.32 Å². The van der Waals surface area contributed by atoms with E-state index in [2.05, 4.69) is 5.32 Å². The summed E-state index contributed by atoms with van der Waals surface area (Å²) in [7, 11) is 1.66. The van der Waals surface area contributed by atoms with Gasteiger partial charge in [0.25, 0.3) is 0 Å². The van der Waals surface area contributed by atoms with Crippen molar-refractivity contribution in [3.05, 3.63) is 34.9 Å². The van der Waals surface area contributed by atoms with Crippen molar-refractivity contribution in [3.8, 4) is 0 Å². The standard InChI is InChI=1S/C11H12F5N/c1-7-5-9(4-3-8(7)6-17-2)10(12,13)11(14,15)16/h3-5,17H,6H2,1-2H3. The molecule has 1 nitrogen and oxygen atoms in total. The second-order valence-corrected chi connectivity index (χ2v) is 3.74. The molecule has 17 heavy (non-hydrogen) atoms. The number of nitrogens with one attached hydrogen (secondary N) is 1. The molecule has 0 bridgehead atoms. The van der Waals surface area contributed by atoms with Crippen molar-refractivity contribution in [2.45, 2.75) is 25.6 Å². The molecule has 1 rings (SSSR count). The van der Waals surface area contributed by atoms with Gasteiger partial charge in [-0.2, -0.15) is 22.0 Å². The fourth-order valence-corrected chi connectivity index (χ4v) is 1.44. The first kappa shape index (κ1) is 13.9. The Morgan fingerprint density at radius 1 is 1.12 bits per heavy atom. The van der Waals surface area contributed by atoms with Crippen LogP contribution in [0, 0.1) is 6.92 Å². The van der Waals surface area contributed by atoms with Gasteiger partial charge in [0.1, 0.15) is 0 Å². The van der Waals surface area contributed by atoms with Crippen LogP contribution >= 0.6 is 0 Å². The maximum Gasteiger partial charge on any atom is 0.458 e. The molecule has 1 aromatic rings. The lowest BCUT2D eigenvalue weighted by molar-refractivity contribution is -0.289. The van der Waals surface area contributed by atoms with E-state index in [1.54, 1.807) is 7.05 Å². The van der Waals surface area contributed by atoms with Gasteiger partial charge < -0.3 is 5.32 Å². The Labute approximate surface area is 95.6 Å². The van der Waals surface area contributed by atoms with E-state index in [0.717, 1.165) is 12.1 Å². The highest BCUT2D eigenvalue weighted by atomic mass is 19.4. The monoisotopic (exact) mass is 253 g/mol. The highest BCUT2D eigenvalue weighted by molar-refractivity contribution is 5.33. The fraction of sp³-hybridized carbons (Fsp3) is 0.455. The first-order chi connectivity index (χ1) is 7.70. The van der Waals surface area contributed by atoms with Gasteiger partial charge in [0.2, 0.25) is 0 Å². The predicted molar refractivity (Wildman–Crippen MR) is 53.9 cm³/mol. The number of hydrogen-bond donors (Lipinski definition) is 1. The van der Waals surface area contributed by atoms with Crippen LogP contribution in [0.25, 0.3) is 0 Å². The van der Waals surface area contributed by atoms with Gasteiger partial charge >= 0.3 is 12.1 Å². The molecule has 0 aromatic heterocycles. The molecule has 1 N–H and O–H groups in total. The minimum atomic E-state index is -5.57. The van der Waals surface area contributed by atoms with E-state index in [0.29, 0.717) is 17.7 Å². The normalized spacial score (nSPS) is 12.9. The van der Waals surface area contributed by atoms with E-state index in [-0.39, 0.29) is 0 Å². The molecular formula is C11H12F5N. The molecule has 0 aliphatic heterocycles. The number of hydrogen-bond acceptors (Lipinski definition) is 1. The van der Waals surface area contributed by atoms with Gasteiger partial charge in [0.15, 0.2) is 0 Å². The number of alkyl halides is 5. The van der Waals surface area contributed by atoms with Gasteiger partial charge in [0, 0.05) is 12.1 Å². The summed E-state index contributed by atoms with van der Waals surface area (Å²) in [5, 5.41) is 2.80.